The zero-order valence-corrected chi connectivity index (χ0v) is 35.1. The van der Waals surface area contributed by atoms with E-state index in [1.165, 1.54) is 0 Å². The molecule has 11 heteroatoms. The molecule has 0 nitrogen and oxygen atoms in total. The molecule has 0 fully saturated rings. The third-order valence-corrected chi connectivity index (χ3v) is 182. The molecule has 0 unspecified atom stereocenters. The van der Waals surface area contributed by atoms with Crippen molar-refractivity contribution in [3.05, 3.63) is 0 Å². The smallest absolute Gasteiger partial charge is 0.680 e. The first kappa shape index (κ1) is 36.5. The third-order valence-electron chi connectivity index (χ3n) is 6.75. The molecule has 0 aliphatic carbocycles. The van der Waals surface area contributed by atoms with Crippen molar-refractivity contribution in [2.45, 2.75) is 118 Å². The van der Waals surface area contributed by atoms with Crippen LogP contribution in [0.2, 0.25) is 118 Å². The maximum atomic E-state index is 4.43. The summed E-state index contributed by atoms with van der Waals surface area (Å²) in [5, 5.41) is 0. The number of rotatable bonds is 6. The van der Waals surface area contributed by atoms with E-state index in [0.717, 1.165) is 0 Å². The van der Waals surface area contributed by atoms with Crippen molar-refractivity contribution in [1.29, 1.82) is 0 Å². The van der Waals surface area contributed by atoms with Crippen LogP contribution >= 0.6 is 0 Å². The van der Waals surface area contributed by atoms with Crippen LogP contribution in [0.3, 0.4) is 0 Å². The fourth-order valence-electron chi connectivity index (χ4n) is 6.75. The Morgan fingerprint density at radius 2 is 0.345 bits per heavy atom. The molecular formula is C18H54MgSi10. The van der Waals surface area contributed by atoms with Crippen LogP contribution in [0.15, 0.2) is 0 Å². The van der Waals surface area contributed by atoms with Gasteiger partial charge in [0.1, 0.15) is 0 Å². The minimum absolute atomic E-state index is 0. The zero-order valence-electron chi connectivity index (χ0n) is 23.7. The zero-order chi connectivity index (χ0) is 24.0. The number of hydrogen-bond acceptors (Lipinski definition) is 0. The Labute approximate surface area is 216 Å². The van der Waals surface area contributed by atoms with E-state index in [4.69, 9.17) is 0 Å². The van der Waals surface area contributed by atoms with Crippen molar-refractivity contribution in [3.8, 4) is 0 Å². The molecule has 0 heterocycles. The molecule has 0 amide bonds. The normalized spacial score (nSPS) is 15.3. The first-order valence-electron chi connectivity index (χ1n) is 11.0. The Kier molecular flexibility index (Phi) is 13.4. The molecule has 168 valence electrons. The van der Waals surface area contributed by atoms with Gasteiger partial charge >= 0.3 is 23.1 Å². The van der Waals surface area contributed by atoms with Gasteiger partial charge in [0.2, 0.25) is 0 Å². The summed E-state index contributed by atoms with van der Waals surface area (Å²) in [6.45, 7) is 46.5. The van der Waals surface area contributed by atoms with Gasteiger partial charge in [-0.3, -0.25) is 0 Å². The van der Waals surface area contributed by atoms with Gasteiger partial charge in [-0.1, -0.05) is 118 Å². The topological polar surface area (TPSA) is 0 Å². The summed E-state index contributed by atoms with van der Waals surface area (Å²) in [5.41, 5.74) is 0. The number of hydrogen-bond donors (Lipinski definition) is 0. The van der Waals surface area contributed by atoms with Gasteiger partial charge in [0.05, 0.1) is 0 Å². The largest absolute Gasteiger partial charge is 2.00 e. The van der Waals surface area contributed by atoms with Crippen molar-refractivity contribution in [2.24, 2.45) is 0 Å². The fourth-order valence-corrected chi connectivity index (χ4v) is 182. The van der Waals surface area contributed by atoms with Crippen molar-refractivity contribution in [1.82, 2.24) is 0 Å². The molecule has 0 saturated carbocycles. The fraction of sp³-hybridized carbons (Fsp3) is 1.00. The average molecular weight is 576 g/mol. The van der Waals surface area contributed by atoms with Gasteiger partial charge in [0, 0.05) is 0 Å². The summed E-state index contributed by atoms with van der Waals surface area (Å²) in [6.07, 6.45) is -2.26. The summed E-state index contributed by atoms with van der Waals surface area (Å²) in [6, 6.07) is 0. The Morgan fingerprint density at radius 1 is 0.276 bits per heavy atom. The molecule has 4 radical (unpaired) electrons. The summed E-state index contributed by atoms with van der Waals surface area (Å²) >= 11 is 0. The van der Waals surface area contributed by atoms with Crippen molar-refractivity contribution >= 4 is 100 Å². The van der Waals surface area contributed by atoms with Crippen LogP contribution in [0.25, 0.3) is 0 Å². The quantitative estimate of drug-likeness (QED) is 0.325. The van der Waals surface area contributed by atoms with E-state index in [9.17, 15) is 0 Å². The third kappa shape index (κ3) is 7.99. The van der Waals surface area contributed by atoms with Gasteiger partial charge in [0.15, 0.2) is 0 Å². The Hall–Kier alpha value is 2.94. The van der Waals surface area contributed by atoms with E-state index in [1.807, 2.05) is 0 Å². The second-order valence-electron chi connectivity index (χ2n) is 15.0. The Bertz CT molecular complexity index is 388. The van der Waals surface area contributed by atoms with Crippen LogP contribution in [0, 0.1) is 0 Å². The summed E-state index contributed by atoms with van der Waals surface area (Å²) in [5.74, 6) is 0. The molecule has 0 aliphatic heterocycles. The second kappa shape index (κ2) is 10.7. The van der Waals surface area contributed by atoms with Crippen LogP contribution in [-0.4, -0.2) is 100 Å². The van der Waals surface area contributed by atoms with Gasteiger partial charge in [-0.15, -0.1) is 0 Å². The van der Waals surface area contributed by atoms with E-state index in [-0.39, 0.29) is 23.1 Å². The molecule has 0 rings (SSSR count). The first-order valence-corrected chi connectivity index (χ1v) is 45.0. The molecule has 29 heavy (non-hydrogen) atoms. The summed E-state index contributed by atoms with van der Waals surface area (Å²) in [7, 11) is 2.83. The SMILES string of the molecule is C[Si](C)(C)[Si]([Si-])([Si](C)(C)C)[Si](C)(C)C.C[Si](C)(C)[Si]([Si-])([Si](C)(C)C)[Si](C)(C)C.[Mg+2]. The van der Waals surface area contributed by atoms with Crippen LogP contribution in [0.1, 0.15) is 0 Å². The van der Waals surface area contributed by atoms with Crippen LogP contribution in [-0.2, 0) is 0 Å². The van der Waals surface area contributed by atoms with Crippen molar-refractivity contribution in [2.75, 3.05) is 0 Å². The predicted molar refractivity (Wildman–Crippen MR) is 169 cm³/mol. The van der Waals surface area contributed by atoms with Crippen molar-refractivity contribution in [3.63, 3.8) is 0 Å². The van der Waals surface area contributed by atoms with Gasteiger partial charge in [-0.2, -0.15) is 12.3 Å². The molecule has 0 atom stereocenters. The minimum Gasteiger partial charge on any atom is -0.680 e. The maximum Gasteiger partial charge on any atom is 2.00 e. The summed E-state index contributed by atoms with van der Waals surface area (Å²) in [4.78, 5) is 0. The molecule has 0 bridgehead atoms. The summed E-state index contributed by atoms with van der Waals surface area (Å²) < 4.78 is 0. The van der Waals surface area contributed by atoms with Gasteiger partial charge in [0.25, 0.3) is 0 Å². The maximum absolute atomic E-state index is 4.43. The van der Waals surface area contributed by atoms with Crippen LogP contribution in [0.4, 0.5) is 0 Å². The average Bonchev–Trinajstić information content (AvgIpc) is 2.29. The molecule has 0 saturated heterocycles. The molecule has 0 aromatic heterocycles. The molecule has 0 aliphatic rings. The first-order chi connectivity index (χ1) is 11.5. The van der Waals surface area contributed by atoms with Crippen LogP contribution in [0.5, 0.6) is 0 Å². The molecule has 0 spiro atoms. The monoisotopic (exact) mass is 574 g/mol. The van der Waals surface area contributed by atoms with E-state index in [2.05, 4.69) is 137 Å². The molecule has 0 aromatic carbocycles. The second-order valence-corrected chi connectivity index (χ2v) is 108. The minimum atomic E-state index is -1.13. The predicted octanol–water partition coefficient (Wildman–Crippen LogP) is 6.32. The molecular weight excluding hydrogens is 521 g/mol. The van der Waals surface area contributed by atoms with E-state index >= 15 is 0 Å². The van der Waals surface area contributed by atoms with Crippen molar-refractivity contribution < 1.29 is 0 Å². The Morgan fingerprint density at radius 3 is 0.345 bits per heavy atom. The van der Waals surface area contributed by atoms with Gasteiger partial charge in [-0.25, -0.2) is 0 Å². The van der Waals surface area contributed by atoms with Gasteiger partial charge in [-0.05, 0) is 45.5 Å². The molecule has 0 aromatic rings. The van der Waals surface area contributed by atoms with E-state index in [0.29, 0.717) is 0 Å². The Balaban J connectivity index is -0.000000451. The van der Waals surface area contributed by atoms with E-state index < -0.39 is 57.8 Å². The van der Waals surface area contributed by atoms with E-state index in [1.54, 1.807) is 0 Å². The molecule has 0 N–H and O–H groups in total. The standard InChI is InChI=1S/2C9H27Si5.Mg/c2*1-11(2,3)14(10,12(4,5)6)13(7,8)9;/h2*1-9H3;/q2*-1;+2. The van der Waals surface area contributed by atoms with Gasteiger partial charge < -0.3 is 19.5 Å². The van der Waals surface area contributed by atoms with Crippen LogP contribution < -0.4 is 0 Å².